The molecular formula is C20H34O3. The Hall–Kier alpha value is -1.27. The van der Waals surface area contributed by atoms with Gasteiger partial charge >= 0.3 is 5.97 Å². The van der Waals surface area contributed by atoms with Gasteiger partial charge in [0.25, 0.3) is 0 Å². The highest BCUT2D eigenvalue weighted by molar-refractivity contribution is 5.66. The number of allylic oxidation sites excluding steroid dienone is 1. The van der Waals surface area contributed by atoms with E-state index in [0.29, 0.717) is 6.42 Å². The molecule has 3 nitrogen and oxygen atoms in total. The minimum Gasteiger partial charge on any atom is -0.481 e. The molecule has 1 atom stereocenters. The van der Waals surface area contributed by atoms with Crippen LogP contribution in [0.5, 0.6) is 0 Å². The van der Waals surface area contributed by atoms with E-state index in [1.807, 2.05) is 0 Å². The van der Waals surface area contributed by atoms with Crippen molar-refractivity contribution >= 4 is 5.97 Å². The Morgan fingerprint density at radius 2 is 1.65 bits per heavy atom. The van der Waals surface area contributed by atoms with Crippen molar-refractivity contribution in [2.24, 2.45) is 0 Å². The molecule has 0 aliphatic heterocycles. The summed E-state index contributed by atoms with van der Waals surface area (Å²) in [6.07, 6.45) is 16.4. The zero-order chi connectivity index (χ0) is 17.2. The van der Waals surface area contributed by atoms with Crippen LogP contribution in [0.2, 0.25) is 0 Å². The molecule has 0 heterocycles. The van der Waals surface area contributed by atoms with E-state index in [-0.39, 0.29) is 6.10 Å². The zero-order valence-corrected chi connectivity index (χ0v) is 14.7. The SMILES string of the molecule is CCCCC[C@@H](O)/C=C/C#CCCCCCCCCCC(=O)O. The second kappa shape index (κ2) is 17.1. The van der Waals surface area contributed by atoms with Crippen LogP contribution in [-0.2, 0) is 4.79 Å². The first-order valence-electron chi connectivity index (χ1n) is 9.21. The fourth-order valence-electron chi connectivity index (χ4n) is 2.36. The van der Waals surface area contributed by atoms with Gasteiger partial charge in [-0.15, -0.1) is 0 Å². The number of aliphatic hydroxyl groups excluding tert-OH is 1. The lowest BCUT2D eigenvalue weighted by atomic mass is 10.1. The topological polar surface area (TPSA) is 57.5 Å². The van der Waals surface area contributed by atoms with Crippen molar-refractivity contribution in [1.29, 1.82) is 0 Å². The number of carbonyl (C=O) groups is 1. The molecule has 0 spiro atoms. The zero-order valence-electron chi connectivity index (χ0n) is 14.7. The molecule has 0 saturated carbocycles. The van der Waals surface area contributed by atoms with Gasteiger partial charge in [0.15, 0.2) is 0 Å². The first kappa shape index (κ1) is 21.7. The molecule has 0 aromatic rings. The van der Waals surface area contributed by atoms with Crippen molar-refractivity contribution in [1.82, 2.24) is 0 Å². The Kier molecular flexibility index (Phi) is 16.1. The molecule has 0 rings (SSSR count). The summed E-state index contributed by atoms with van der Waals surface area (Å²) in [6.45, 7) is 2.16. The molecule has 0 bridgehead atoms. The molecule has 23 heavy (non-hydrogen) atoms. The van der Waals surface area contributed by atoms with E-state index < -0.39 is 5.97 Å². The Bertz CT molecular complexity index is 363. The van der Waals surface area contributed by atoms with Crippen molar-refractivity contribution < 1.29 is 15.0 Å². The molecule has 0 aromatic heterocycles. The summed E-state index contributed by atoms with van der Waals surface area (Å²) in [5, 5.41) is 18.2. The summed E-state index contributed by atoms with van der Waals surface area (Å²) in [5.74, 6) is 5.42. The second-order valence-corrected chi connectivity index (χ2v) is 6.11. The van der Waals surface area contributed by atoms with E-state index in [4.69, 9.17) is 5.11 Å². The molecule has 132 valence electrons. The number of rotatable bonds is 14. The smallest absolute Gasteiger partial charge is 0.303 e. The number of aliphatic carboxylic acids is 1. The van der Waals surface area contributed by atoms with E-state index in [1.54, 1.807) is 12.2 Å². The lowest BCUT2D eigenvalue weighted by Gasteiger charge is -2.02. The van der Waals surface area contributed by atoms with Crippen LogP contribution in [0.15, 0.2) is 12.2 Å². The second-order valence-electron chi connectivity index (χ2n) is 6.11. The van der Waals surface area contributed by atoms with Gasteiger partial charge in [0.1, 0.15) is 0 Å². The quantitative estimate of drug-likeness (QED) is 0.346. The van der Waals surface area contributed by atoms with Crippen LogP contribution in [0.4, 0.5) is 0 Å². The number of carboxylic acid groups (broad SMARTS) is 1. The van der Waals surface area contributed by atoms with Gasteiger partial charge in [-0.1, -0.05) is 70.1 Å². The van der Waals surface area contributed by atoms with E-state index in [2.05, 4.69) is 18.8 Å². The molecule has 0 aromatic carbocycles. The molecule has 0 fully saturated rings. The van der Waals surface area contributed by atoms with Crippen molar-refractivity contribution in [2.75, 3.05) is 0 Å². The molecule has 0 aliphatic rings. The van der Waals surface area contributed by atoms with Gasteiger partial charge in [-0.3, -0.25) is 4.79 Å². The number of unbranched alkanes of at least 4 members (excludes halogenated alkanes) is 9. The van der Waals surface area contributed by atoms with E-state index in [1.165, 1.54) is 32.1 Å². The Labute approximate surface area is 142 Å². The summed E-state index contributed by atoms with van der Waals surface area (Å²) < 4.78 is 0. The largest absolute Gasteiger partial charge is 0.481 e. The minimum absolute atomic E-state index is 0.302. The monoisotopic (exact) mass is 322 g/mol. The molecular weight excluding hydrogens is 288 g/mol. The predicted molar refractivity (Wildman–Crippen MR) is 96.3 cm³/mol. The van der Waals surface area contributed by atoms with Gasteiger partial charge in [0.2, 0.25) is 0 Å². The third-order valence-electron chi connectivity index (χ3n) is 3.80. The summed E-state index contributed by atoms with van der Waals surface area (Å²) in [5.41, 5.74) is 0. The van der Waals surface area contributed by atoms with E-state index in [9.17, 15) is 9.90 Å². The number of hydrogen-bond acceptors (Lipinski definition) is 2. The molecule has 0 radical (unpaired) electrons. The van der Waals surface area contributed by atoms with Crippen molar-refractivity contribution in [3.63, 3.8) is 0 Å². The molecule has 0 saturated heterocycles. The van der Waals surface area contributed by atoms with Crippen molar-refractivity contribution in [3.8, 4) is 11.8 Å². The molecule has 0 unspecified atom stereocenters. The predicted octanol–water partition coefficient (Wildman–Crippen LogP) is 5.08. The lowest BCUT2D eigenvalue weighted by molar-refractivity contribution is -0.137. The van der Waals surface area contributed by atoms with Gasteiger partial charge in [-0.2, -0.15) is 0 Å². The normalized spacial score (nSPS) is 12.1. The van der Waals surface area contributed by atoms with E-state index in [0.717, 1.165) is 44.9 Å². The van der Waals surface area contributed by atoms with Gasteiger partial charge in [-0.25, -0.2) is 0 Å². The van der Waals surface area contributed by atoms with Gasteiger partial charge in [-0.05, 0) is 31.4 Å². The highest BCUT2D eigenvalue weighted by Gasteiger charge is 1.97. The number of carboxylic acids is 1. The molecule has 2 N–H and O–H groups in total. The third-order valence-corrected chi connectivity index (χ3v) is 3.80. The summed E-state index contributed by atoms with van der Waals surface area (Å²) >= 11 is 0. The molecule has 0 aliphatic carbocycles. The van der Waals surface area contributed by atoms with E-state index >= 15 is 0 Å². The average Bonchev–Trinajstić information content (AvgIpc) is 2.51. The van der Waals surface area contributed by atoms with Crippen molar-refractivity contribution in [3.05, 3.63) is 12.2 Å². The summed E-state index contributed by atoms with van der Waals surface area (Å²) in [4.78, 5) is 10.3. The maximum absolute atomic E-state index is 10.3. The summed E-state index contributed by atoms with van der Waals surface area (Å²) in [7, 11) is 0. The molecule has 3 heteroatoms. The summed E-state index contributed by atoms with van der Waals surface area (Å²) in [6, 6.07) is 0. The third kappa shape index (κ3) is 18.7. The Morgan fingerprint density at radius 3 is 2.30 bits per heavy atom. The number of aliphatic hydroxyl groups is 1. The molecule has 0 amide bonds. The van der Waals surface area contributed by atoms with Crippen LogP contribution in [-0.4, -0.2) is 22.3 Å². The minimum atomic E-state index is -0.689. The van der Waals surface area contributed by atoms with Crippen LogP contribution < -0.4 is 0 Å². The standard InChI is InChI=1S/C20H34O3/c1-2-3-13-16-19(21)17-14-11-9-7-5-4-6-8-10-12-15-18-20(22)23/h14,17,19,21H,2-8,10,12-13,15-16,18H2,1H3,(H,22,23)/b17-14+/t19-/m1/s1. The fourth-order valence-corrected chi connectivity index (χ4v) is 2.36. The highest BCUT2D eigenvalue weighted by atomic mass is 16.4. The average molecular weight is 322 g/mol. The van der Waals surface area contributed by atoms with Gasteiger partial charge in [0, 0.05) is 12.8 Å². The van der Waals surface area contributed by atoms with Crippen LogP contribution in [0, 0.1) is 11.8 Å². The fraction of sp³-hybridized carbons (Fsp3) is 0.750. The Morgan fingerprint density at radius 1 is 1.00 bits per heavy atom. The van der Waals surface area contributed by atoms with Gasteiger partial charge < -0.3 is 10.2 Å². The maximum Gasteiger partial charge on any atom is 0.303 e. The van der Waals surface area contributed by atoms with Gasteiger partial charge in [0.05, 0.1) is 6.10 Å². The van der Waals surface area contributed by atoms with Crippen LogP contribution in [0.1, 0.15) is 90.4 Å². The van der Waals surface area contributed by atoms with Crippen LogP contribution in [0.3, 0.4) is 0 Å². The Balaban J connectivity index is 3.36. The number of hydrogen-bond donors (Lipinski definition) is 2. The van der Waals surface area contributed by atoms with Crippen molar-refractivity contribution in [2.45, 2.75) is 96.5 Å². The first-order chi connectivity index (χ1) is 11.2. The lowest BCUT2D eigenvalue weighted by Crippen LogP contribution is -2.00. The van der Waals surface area contributed by atoms with Crippen LogP contribution in [0.25, 0.3) is 0 Å². The first-order valence-corrected chi connectivity index (χ1v) is 9.21. The maximum atomic E-state index is 10.3. The van der Waals surface area contributed by atoms with Crippen LogP contribution >= 0.6 is 0 Å². The highest BCUT2D eigenvalue weighted by Crippen LogP contribution is 2.09.